The second-order valence-corrected chi connectivity index (χ2v) is 4.33. The average molecular weight is 244 g/mol. The Balaban J connectivity index is 2.20. The summed E-state index contributed by atoms with van der Waals surface area (Å²) in [4.78, 5) is 1.02. The molecule has 0 radical (unpaired) electrons. The molecule has 6 heteroatoms. The van der Waals surface area contributed by atoms with Gasteiger partial charge in [0.15, 0.2) is 11.6 Å². The minimum atomic E-state index is 0.388. The zero-order valence-corrected chi connectivity index (χ0v) is 9.52. The summed E-state index contributed by atoms with van der Waals surface area (Å²) in [6, 6.07) is 5.75. The lowest BCUT2D eigenvalue weighted by Crippen LogP contribution is -1.87. The zero-order valence-electron chi connectivity index (χ0n) is 8.70. The van der Waals surface area contributed by atoms with E-state index in [0.717, 1.165) is 16.0 Å². The van der Waals surface area contributed by atoms with Crippen molar-refractivity contribution in [3.63, 3.8) is 0 Å². The number of anilines is 1. The van der Waals surface area contributed by atoms with Crippen LogP contribution >= 0.6 is 11.3 Å². The van der Waals surface area contributed by atoms with E-state index in [-0.39, 0.29) is 0 Å². The van der Waals surface area contributed by atoms with Gasteiger partial charge in [0.1, 0.15) is 0 Å². The zero-order chi connectivity index (χ0) is 11.7. The van der Waals surface area contributed by atoms with Crippen LogP contribution < -0.4 is 5.73 Å². The lowest BCUT2D eigenvalue weighted by atomic mass is 10.1. The summed E-state index contributed by atoms with van der Waals surface area (Å²) in [5.41, 5.74) is 7.46. The van der Waals surface area contributed by atoms with Gasteiger partial charge in [-0.2, -0.15) is 10.2 Å². The Morgan fingerprint density at radius 1 is 1.24 bits per heavy atom. The van der Waals surface area contributed by atoms with Crippen LogP contribution in [0.4, 0.5) is 5.82 Å². The van der Waals surface area contributed by atoms with Gasteiger partial charge in [-0.1, -0.05) is 11.2 Å². The minimum Gasteiger partial charge on any atom is -0.380 e. The summed E-state index contributed by atoms with van der Waals surface area (Å²) in [5, 5.41) is 13.3. The predicted octanol–water partition coefficient (Wildman–Crippen LogP) is 2.44. The first-order chi connectivity index (χ1) is 8.36. The molecule has 0 spiro atoms. The molecule has 0 unspecified atom stereocenters. The first-order valence-electron chi connectivity index (χ1n) is 4.92. The Labute approximate surface area is 101 Å². The highest BCUT2D eigenvalue weighted by Gasteiger charge is 2.18. The van der Waals surface area contributed by atoms with Crippen molar-refractivity contribution in [1.29, 1.82) is 0 Å². The first kappa shape index (κ1) is 9.98. The molecule has 0 atom stereocenters. The Morgan fingerprint density at radius 3 is 2.88 bits per heavy atom. The highest BCUT2D eigenvalue weighted by atomic mass is 32.1. The molecule has 5 nitrogen and oxygen atoms in total. The lowest BCUT2D eigenvalue weighted by molar-refractivity contribution is 0.436. The SMILES string of the molecule is Nc1noc(-c2ccnnc2)c1-c1cccs1. The maximum Gasteiger partial charge on any atom is 0.179 e. The number of aromatic nitrogens is 3. The highest BCUT2D eigenvalue weighted by molar-refractivity contribution is 7.13. The van der Waals surface area contributed by atoms with E-state index < -0.39 is 0 Å². The monoisotopic (exact) mass is 244 g/mol. The van der Waals surface area contributed by atoms with Crippen molar-refractivity contribution in [3.8, 4) is 21.8 Å². The molecule has 3 aromatic rings. The van der Waals surface area contributed by atoms with E-state index in [4.69, 9.17) is 10.3 Å². The predicted molar refractivity (Wildman–Crippen MR) is 65.3 cm³/mol. The highest BCUT2D eigenvalue weighted by Crippen LogP contribution is 2.38. The Hall–Kier alpha value is -2.21. The Kier molecular flexibility index (Phi) is 2.34. The summed E-state index contributed by atoms with van der Waals surface area (Å²) < 4.78 is 5.27. The average Bonchev–Trinajstić information content (AvgIpc) is 2.99. The van der Waals surface area contributed by atoms with Crippen LogP contribution in [-0.4, -0.2) is 15.4 Å². The molecule has 3 heterocycles. The molecule has 0 saturated heterocycles. The first-order valence-corrected chi connectivity index (χ1v) is 5.80. The number of hydrogen-bond donors (Lipinski definition) is 1. The van der Waals surface area contributed by atoms with Gasteiger partial charge in [0.05, 0.1) is 18.0 Å². The van der Waals surface area contributed by atoms with Crippen molar-refractivity contribution >= 4 is 17.2 Å². The van der Waals surface area contributed by atoms with Crippen LogP contribution in [0.15, 0.2) is 40.5 Å². The fraction of sp³-hybridized carbons (Fsp3) is 0. The Morgan fingerprint density at radius 2 is 2.18 bits per heavy atom. The number of rotatable bonds is 2. The van der Waals surface area contributed by atoms with E-state index in [2.05, 4.69) is 15.4 Å². The molecule has 0 aliphatic heterocycles. The van der Waals surface area contributed by atoms with Crippen molar-refractivity contribution in [1.82, 2.24) is 15.4 Å². The second-order valence-electron chi connectivity index (χ2n) is 3.38. The van der Waals surface area contributed by atoms with Crippen molar-refractivity contribution < 1.29 is 4.52 Å². The minimum absolute atomic E-state index is 0.388. The molecule has 0 aliphatic carbocycles. The van der Waals surface area contributed by atoms with Crippen LogP contribution in [0.5, 0.6) is 0 Å². The molecule has 0 bridgehead atoms. The number of nitrogens with two attached hydrogens (primary N) is 1. The molecule has 0 fully saturated rings. The van der Waals surface area contributed by atoms with E-state index in [1.165, 1.54) is 0 Å². The van der Waals surface area contributed by atoms with E-state index in [9.17, 15) is 0 Å². The topological polar surface area (TPSA) is 77.8 Å². The van der Waals surface area contributed by atoms with Crippen molar-refractivity contribution in [2.75, 3.05) is 5.73 Å². The van der Waals surface area contributed by atoms with Gasteiger partial charge in [-0.25, -0.2) is 0 Å². The van der Waals surface area contributed by atoms with E-state index in [1.54, 1.807) is 23.7 Å². The van der Waals surface area contributed by atoms with E-state index in [1.807, 2.05) is 23.6 Å². The van der Waals surface area contributed by atoms with Crippen LogP contribution in [-0.2, 0) is 0 Å². The second kappa shape index (κ2) is 3.99. The summed E-state index contributed by atoms with van der Waals surface area (Å²) in [6.07, 6.45) is 3.23. The summed E-state index contributed by atoms with van der Waals surface area (Å²) in [7, 11) is 0. The molecule has 0 amide bonds. The number of hydrogen-bond acceptors (Lipinski definition) is 6. The van der Waals surface area contributed by atoms with Crippen LogP contribution in [0, 0.1) is 0 Å². The molecule has 3 aromatic heterocycles. The molecule has 84 valence electrons. The van der Waals surface area contributed by atoms with Gasteiger partial charge < -0.3 is 10.3 Å². The maximum absolute atomic E-state index is 5.84. The third kappa shape index (κ3) is 1.68. The third-order valence-electron chi connectivity index (χ3n) is 2.33. The molecule has 17 heavy (non-hydrogen) atoms. The molecule has 2 N–H and O–H groups in total. The fourth-order valence-electron chi connectivity index (χ4n) is 1.58. The number of nitrogen functional groups attached to an aromatic ring is 1. The van der Waals surface area contributed by atoms with Crippen molar-refractivity contribution in [3.05, 3.63) is 36.0 Å². The maximum atomic E-state index is 5.84. The van der Waals surface area contributed by atoms with Gasteiger partial charge in [0.2, 0.25) is 0 Å². The molecular formula is C11H8N4OS. The smallest absolute Gasteiger partial charge is 0.179 e. The largest absolute Gasteiger partial charge is 0.380 e. The van der Waals surface area contributed by atoms with Gasteiger partial charge >= 0.3 is 0 Å². The van der Waals surface area contributed by atoms with Crippen molar-refractivity contribution in [2.24, 2.45) is 0 Å². The van der Waals surface area contributed by atoms with Gasteiger partial charge in [-0.05, 0) is 17.5 Å². The standard InChI is InChI=1S/C11H8N4OS/c12-11-9(8-2-1-5-17-8)10(16-15-11)7-3-4-13-14-6-7/h1-6H,(H2,12,15). The van der Waals surface area contributed by atoms with Crippen LogP contribution in [0.1, 0.15) is 0 Å². The quantitative estimate of drug-likeness (QED) is 0.749. The fourth-order valence-corrected chi connectivity index (χ4v) is 2.36. The van der Waals surface area contributed by atoms with Gasteiger partial charge in [0.25, 0.3) is 0 Å². The van der Waals surface area contributed by atoms with E-state index in [0.29, 0.717) is 11.6 Å². The number of nitrogens with zero attached hydrogens (tertiary/aromatic N) is 3. The van der Waals surface area contributed by atoms with E-state index >= 15 is 0 Å². The lowest BCUT2D eigenvalue weighted by Gasteiger charge is -1.98. The van der Waals surface area contributed by atoms with Crippen LogP contribution in [0.3, 0.4) is 0 Å². The van der Waals surface area contributed by atoms with Crippen LogP contribution in [0.25, 0.3) is 21.8 Å². The molecular weight excluding hydrogens is 236 g/mol. The molecule has 3 rings (SSSR count). The molecule has 0 aliphatic rings. The third-order valence-corrected chi connectivity index (χ3v) is 3.22. The summed E-state index contributed by atoms with van der Waals surface area (Å²) in [6.45, 7) is 0. The van der Waals surface area contributed by atoms with Gasteiger partial charge in [-0.15, -0.1) is 11.3 Å². The summed E-state index contributed by atoms with van der Waals surface area (Å²) >= 11 is 1.59. The molecule has 0 saturated carbocycles. The summed E-state index contributed by atoms with van der Waals surface area (Å²) in [5.74, 6) is 1.01. The van der Waals surface area contributed by atoms with Crippen LogP contribution in [0.2, 0.25) is 0 Å². The molecule has 0 aromatic carbocycles. The Bertz CT molecular complexity index is 618. The van der Waals surface area contributed by atoms with Gasteiger partial charge in [0, 0.05) is 10.4 Å². The normalized spacial score (nSPS) is 10.6. The number of thiophene rings is 1. The van der Waals surface area contributed by atoms with Gasteiger partial charge in [-0.3, -0.25) is 0 Å². The van der Waals surface area contributed by atoms with Crippen molar-refractivity contribution in [2.45, 2.75) is 0 Å².